The summed E-state index contributed by atoms with van der Waals surface area (Å²) in [7, 11) is 0. The Balaban J connectivity index is 2.35. The molecule has 0 saturated heterocycles. The molecule has 0 atom stereocenters. The number of rotatable bonds is 6. The van der Waals surface area contributed by atoms with E-state index >= 15 is 0 Å². The van der Waals surface area contributed by atoms with E-state index in [-0.39, 0.29) is 11.3 Å². The van der Waals surface area contributed by atoms with Gasteiger partial charge >= 0.3 is 12.0 Å². The van der Waals surface area contributed by atoms with Gasteiger partial charge in [-0.1, -0.05) is 13.8 Å². The van der Waals surface area contributed by atoms with Gasteiger partial charge in [0.2, 0.25) is 5.91 Å². The van der Waals surface area contributed by atoms with Crippen molar-refractivity contribution in [3.63, 3.8) is 0 Å². The van der Waals surface area contributed by atoms with Gasteiger partial charge in [0.25, 0.3) is 0 Å². The second kappa shape index (κ2) is 8.31. The van der Waals surface area contributed by atoms with Crippen LogP contribution in [0.5, 0.6) is 0 Å². The van der Waals surface area contributed by atoms with Crippen LogP contribution in [0.1, 0.15) is 24.2 Å². The van der Waals surface area contributed by atoms with Crippen molar-refractivity contribution < 1.29 is 19.5 Å². The summed E-state index contributed by atoms with van der Waals surface area (Å²) >= 11 is 1.23. The lowest BCUT2D eigenvalue weighted by molar-refractivity contribution is -0.117. The van der Waals surface area contributed by atoms with Crippen LogP contribution < -0.4 is 10.6 Å². The van der Waals surface area contributed by atoms with Gasteiger partial charge in [0, 0.05) is 11.4 Å². The fourth-order valence-corrected chi connectivity index (χ4v) is 2.04. The quantitative estimate of drug-likeness (QED) is 0.698. The smallest absolute Gasteiger partial charge is 0.335 e. The van der Waals surface area contributed by atoms with Gasteiger partial charge < -0.3 is 10.4 Å². The molecule has 0 saturated carbocycles. The van der Waals surface area contributed by atoms with E-state index in [1.165, 1.54) is 23.9 Å². The molecule has 0 fully saturated rings. The normalized spacial score (nSPS) is 10.2. The molecule has 0 aliphatic carbocycles. The number of carboxylic acid groups (broad SMARTS) is 1. The van der Waals surface area contributed by atoms with Crippen LogP contribution in [0.15, 0.2) is 29.2 Å². The maximum Gasteiger partial charge on any atom is 0.335 e. The van der Waals surface area contributed by atoms with E-state index in [2.05, 4.69) is 10.6 Å². The fourth-order valence-electron chi connectivity index (χ4n) is 1.35. The maximum atomic E-state index is 11.6. The zero-order valence-corrected chi connectivity index (χ0v) is 12.7. The summed E-state index contributed by atoms with van der Waals surface area (Å²) in [6, 6.07) is 5.69. The number of carbonyl (C=O) groups is 3. The third kappa shape index (κ3) is 6.80. The fraction of sp³-hybridized carbons (Fsp3) is 0.357. The molecule has 0 aromatic heterocycles. The maximum absolute atomic E-state index is 11.6. The van der Waals surface area contributed by atoms with Crippen LogP contribution in [0.2, 0.25) is 0 Å². The van der Waals surface area contributed by atoms with Crippen molar-refractivity contribution in [1.29, 1.82) is 0 Å². The predicted octanol–water partition coefficient (Wildman–Crippen LogP) is 1.96. The second-order valence-electron chi connectivity index (χ2n) is 4.77. The number of hydrogen-bond acceptors (Lipinski definition) is 4. The summed E-state index contributed by atoms with van der Waals surface area (Å²) < 4.78 is 0. The summed E-state index contributed by atoms with van der Waals surface area (Å²) in [5.41, 5.74) is 0.192. The van der Waals surface area contributed by atoms with Crippen LogP contribution in [0, 0.1) is 5.92 Å². The third-order valence-corrected chi connectivity index (χ3v) is 3.41. The molecule has 7 heteroatoms. The number of imide groups is 1. The Morgan fingerprint density at radius 3 is 2.33 bits per heavy atom. The van der Waals surface area contributed by atoms with E-state index < -0.39 is 17.9 Å². The van der Waals surface area contributed by atoms with Crippen LogP contribution in [0.4, 0.5) is 4.79 Å². The lowest BCUT2D eigenvalue weighted by Gasteiger charge is -2.08. The molecule has 0 spiro atoms. The summed E-state index contributed by atoms with van der Waals surface area (Å²) in [5.74, 6) is -0.996. The summed E-state index contributed by atoms with van der Waals surface area (Å²) in [6.45, 7) is 4.42. The largest absolute Gasteiger partial charge is 0.478 e. The summed E-state index contributed by atoms with van der Waals surface area (Å²) in [6.07, 6.45) is 0. The first kappa shape index (κ1) is 17.0. The van der Waals surface area contributed by atoms with Crippen molar-refractivity contribution in [3.05, 3.63) is 29.8 Å². The highest BCUT2D eigenvalue weighted by molar-refractivity contribution is 8.00. The predicted molar refractivity (Wildman–Crippen MR) is 80.5 cm³/mol. The van der Waals surface area contributed by atoms with Gasteiger partial charge in [-0.15, -0.1) is 11.8 Å². The molecule has 1 rings (SSSR count). The number of nitrogens with one attached hydrogen (secondary N) is 2. The molecule has 6 nitrogen and oxygen atoms in total. The molecular weight excluding hydrogens is 292 g/mol. The number of aromatic carboxylic acids is 1. The zero-order chi connectivity index (χ0) is 15.8. The van der Waals surface area contributed by atoms with Crippen LogP contribution in [-0.4, -0.2) is 35.3 Å². The van der Waals surface area contributed by atoms with Crippen LogP contribution in [-0.2, 0) is 4.79 Å². The lowest BCUT2D eigenvalue weighted by atomic mass is 10.2. The molecule has 3 N–H and O–H groups in total. The molecule has 0 aliphatic heterocycles. The van der Waals surface area contributed by atoms with Gasteiger partial charge in [-0.25, -0.2) is 9.59 Å². The van der Waals surface area contributed by atoms with E-state index in [1.54, 1.807) is 12.1 Å². The Morgan fingerprint density at radius 2 is 1.81 bits per heavy atom. The van der Waals surface area contributed by atoms with Crippen molar-refractivity contribution in [2.75, 3.05) is 12.3 Å². The Labute approximate surface area is 127 Å². The average Bonchev–Trinajstić information content (AvgIpc) is 2.43. The van der Waals surface area contributed by atoms with Crippen LogP contribution >= 0.6 is 11.8 Å². The van der Waals surface area contributed by atoms with Crippen LogP contribution in [0.3, 0.4) is 0 Å². The van der Waals surface area contributed by atoms with Crippen molar-refractivity contribution >= 4 is 29.7 Å². The van der Waals surface area contributed by atoms with E-state index in [9.17, 15) is 14.4 Å². The summed E-state index contributed by atoms with van der Waals surface area (Å²) in [4.78, 5) is 34.4. The SMILES string of the molecule is CC(C)CNC(=O)NC(=O)CSc1ccc(C(=O)O)cc1. The Kier molecular flexibility index (Phi) is 6.74. The monoisotopic (exact) mass is 310 g/mol. The minimum absolute atomic E-state index is 0.0848. The number of urea groups is 1. The van der Waals surface area contributed by atoms with Crippen molar-refractivity contribution in [2.24, 2.45) is 5.92 Å². The second-order valence-corrected chi connectivity index (χ2v) is 5.82. The van der Waals surface area contributed by atoms with E-state index in [0.717, 1.165) is 4.90 Å². The Morgan fingerprint density at radius 1 is 1.19 bits per heavy atom. The van der Waals surface area contributed by atoms with Crippen LogP contribution in [0.25, 0.3) is 0 Å². The number of hydrogen-bond donors (Lipinski definition) is 3. The molecule has 0 unspecified atom stereocenters. The first-order chi connectivity index (χ1) is 9.88. The minimum Gasteiger partial charge on any atom is -0.478 e. The molecule has 1 aromatic carbocycles. The number of amides is 3. The summed E-state index contributed by atoms with van der Waals surface area (Å²) in [5, 5.41) is 13.6. The number of carbonyl (C=O) groups excluding carboxylic acids is 2. The lowest BCUT2D eigenvalue weighted by Crippen LogP contribution is -2.41. The van der Waals surface area contributed by atoms with E-state index in [4.69, 9.17) is 5.11 Å². The number of thioether (sulfide) groups is 1. The topological polar surface area (TPSA) is 95.5 Å². The number of carboxylic acids is 1. The molecule has 114 valence electrons. The van der Waals surface area contributed by atoms with Gasteiger partial charge in [0.05, 0.1) is 11.3 Å². The van der Waals surface area contributed by atoms with Gasteiger partial charge in [-0.05, 0) is 30.2 Å². The minimum atomic E-state index is -0.994. The molecule has 1 aromatic rings. The van der Waals surface area contributed by atoms with Gasteiger partial charge in [0.15, 0.2) is 0 Å². The number of benzene rings is 1. The van der Waals surface area contributed by atoms with Gasteiger partial charge in [0.1, 0.15) is 0 Å². The molecule has 0 heterocycles. The van der Waals surface area contributed by atoms with E-state index in [0.29, 0.717) is 12.5 Å². The molecular formula is C14H18N2O4S. The molecule has 3 amide bonds. The third-order valence-electron chi connectivity index (χ3n) is 2.40. The van der Waals surface area contributed by atoms with Crippen molar-refractivity contribution in [3.8, 4) is 0 Å². The molecule has 0 aliphatic rings. The first-order valence-electron chi connectivity index (χ1n) is 6.42. The first-order valence-corrected chi connectivity index (χ1v) is 7.41. The van der Waals surface area contributed by atoms with E-state index in [1.807, 2.05) is 13.8 Å². The molecule has 21 heavy (non-hydrogen) atoms. The van der Waals surface area contributed by atoms with Gasteiger partial charge in [-0.3, -0.25) is 10.1 Å². The Hall–Kier alpha value is -2.02. The highest BCUT2D eigenvalue weighted by Gasteiger charge is 2.09. The van der Waals surface area contributed by atoms with Gasteiger partial charge in [-0.2, -0.15) is 0 Å². The molecule has 0 bridgehead atoms. The standard InChI is InChI=1S/C14H18N2O4S/c1-9(2)7-15-14(20)16-12(17)8-21-11-5-3-10(4-6-11)13(18)19/h3-6,9H,7-8H2,1-2H3,(H,18,19)(H2,15,16,17,20). The zero-order valence-electron chi connectivity index (χ0n) is 11.9. The molecule has 0 radical (unpaired) electrons. The average molecular weight is 310 g/mol. The van der Waals surface area contributed by atoms with Crippen molar-refractivity contribution in [2.45, 2.75) is 18.7 Å². The Bertz CT molecular complexity index is 514. The highest BCUT2D eigenvalue weighted by Crippen LogP contribution is 2.18. The van der Waals surface area contributed by atoms with Crippen molar-refractivity contribution in [1.82, 2.24) is 10.6 Å². The highest BCUT2D eigenvalue weighted by atomic mass is 32.2.